The van der Waals surface area contributed by atoms with E-state index in [4.69, 9.17) is 28.4 Å². The molecule has 2 fully saturated rings. The first-order valence-electron chi connectivity index (χ1n) is 20.3. The molecule has 0 aliphatic carbocycles. The van der Waals surface area contributed by atoms with Crippen LogP contribution >= 0.6 is 11.8 Å². The first kappa shape index (κ1) is 39.2. The van der Waals surface area contributed by atoms with Crippen molar-refractivity contribution in [1.82, 2.24) is 15.5 Å². The second kappa shape index (κ2) is 14.9. The number of nitriles is 1. The molecule has 7 aliphatic heterocycles. The number of thioether (sulfide) groups is 1. The van der Waals surface area contributed by atoms with Gasteiger partial charge in [-0.3, -0.25) is 10.2 Å². The van der Waals surface area contributed by atoms with Crippen LogP contribution in [0.1, 0.15) is 67.4 Å². The molecule has 0 amide bonds. The number of nitrogens with zero attached hydrogens (tertiary/aromatic N) is 2. The maximum Gasteiger partial charge on any atom is 0.336 e. The summed E-state index contributed by atoms with van der Waals surface area (Å²) in [6.07, 6.45) is 4.07. The second-order valence-electron chi connectivity index (χ2n) is 16.2. The normalized spacial score (nSPS) is 27.0. The van der Waals surface area contributed by atoms with E-state index in [1.807, 2.05) is 50.2 Å². The monoisotopic (exact) mass is 844 g/mol. The van der Waals surface area contributed by atoms with Gasteiger partial charge in [0.15, 0.2) is 40.0 Å². The Kier molecular flexibility index (Phi) is 9.59. The van der Waals surface area contributed by atoms with Gasteiger partial charge in [-0.25, -0.2) is 9.59 Å². The highest BCUT2D eigenvalue weighted by Gasteiger charge is 2.60. The first-order valence-corrected chi connectivity index (χ1v) is 21.3. The van der Waals surface area contributed by atoms with Gasteiger partial charge in [0.2, 0.25) is 6.79 Å². The number of nitrogens with one attached hydrogen (secondary N) is 2. The van der Waals surface area contributed by atoms with Crippen LogP contribution in [0.3, 0.4) is 0 Å². The fourth-order valence-corrected chi connectivity index (χ4v) is 12.2. The lowest BCUT2D eigenvalue weighted by Crippen LogP contribution is -2.69. The Labute approximate surface area is 356 Å². The topological polar surface area (TPSA) is 181 Å². The zero-order valence-electron chi connectivity index (χ0n) is 33.9. The minimum atomic E-state index is -1.39. The molecule has 61 heavy (non-hydrogen) atoms. The van der Waals surface area contributed by atoms with Crippen LogP contribution in [-0.2, 0) is 32.7 Å². The van der Waals surface area contributed by atoms with E-state index in [0.29, 0.717) is 64.5 Å². The van der Waals surface area contributed by atoms with Crippen molar-refractivity contribution in [2.75, 3.05) is 39.9 Å². The number of esters is 2. The number of phenolic OH excluding ortho intramolecular Hbond substituents is 2. The molecule has 4 aromatic rings. The number of rotatable bonds is 5. The molecule has 11 rings (SSSR count). The van der Waals surface area contributed by atoms with Gasteiger partial charge in [-0.15, -0.1) is 11.8 Å². The van der Waals surface area contributed by atoms with Gasteiger partial charge in [0.1, 0.15) is 18.4 Å². The zero-order chi connectivity index (χ0) is 42.3. The maximum absolute atomic E-state index is 14.9. The number of hydrogen-bond donors (Lipinski definition) is 4. The van der Waals surface area contributed by atoms with Crippen LogP contribution in [-0.4, -0.2) is 85.1 Å². The van der Waals surface area contributed by atoms with Gasteiger partial charge in [-0.05, 0) is 72.7 Å². The fraction of sp³-hybridized carbons (Fsp3) is 0.370. The van der Waals surface area contributed by atoms with Gasteiger partial charge in [0.25, 0.3) is 0 Å². The quantitative estimate of drug-likeness (QED) is 0.115. The third-order valence-electron chi connectivity index (χ3n) is 13.1. The van der Waals surface area contributed by atoms with Crippen molar-refractivity contribution in [1.29, 1.82) is 5.26 Å². The average Bonchev–Trinajstić information content (AvgIpc) is 3.76. The van der Waals surface area contributed by atoms with E-state index in [-0.39, 0.29) is 48.2 Å². The molecule has 7 aliphatic rings. The second-order valence-corrected chi connectivity index (χ2v) is 17.4. The summed E-state index contributed by atoms with van der Waals surface area (Å²) in [5.41, 5.74) is 4.97. The number of piperazine rings is 1. The van der Waals surface area contributed by atoms with Crippen LogP contribution in [0.25, 0.3) is 6.08 Å². The predicted molar refractivity (Wildman–Crippen MR) is 223 cm³/mol. The highest BCUT2D eigenvalue weighted by atomic mass is 32.2. The molecule has 2 unspecified atom stereocenters. The lowest BCUT2D eigenvalue weighted by Gasteiger charge is -2.59. The largest absolute Gasteiger partial charge is 0.504 e. The van der Waals surface area contributed by atoms with E-state index in [0.717, 1.165) is 22.3 Å². The van der Waals surface area contributed by atoms with Crippen molar-refractivity contribution in [2.24, 2.45) is 0 Å². The maximum atomic E-state index is 14.9. The molecule has 314 valence electrons. The van der Waals surface area contributed by atoms with Crippen molar-refractivity contribution >= 4 is 29.8 Å². The van der Waals surface area contributed by atoms with Crippen molar-refractivity contribution in [3.8, 4) is 46.3 Å². The summed E-state index contributed by atoms with van der Waals surface area (Å²) >= 11 is 1.46. The van der Waals surface area contributed by atoms with Gasteiger partial charge in [0.05, 0.1) is 37.6 Å². The number of carbonyl (C=O) groups excluding carboxylic acids is 2. The van der Waals surface area contributed by atoms with Crippen LogP contribution in [0.5, 0.6) is 40.2 Å². The Hall–Kier alpha value is -5.92. The summed E-state index contributed by atoms with van der Waals surface area (Å²) in [6, 6.07) is 14.3. The van der Waals surface area contributed by atoms with E-state index in [9.17, 15) is 25.1 Å². The standard InChI is InChI=1S/C46H44N4O10S/c1-22-14-26-15-28-29(18-47)50-30-19-57-45(54)46(27-17-32(55-3)31(51)16-25(27)12-13-48-46)20-61-44(38(50)37(49-28)34(26)39(53)40(22)56-4)36-35(30)43-42(58-21-59-43)23(2)41(36)60-33(52)11-10-24-8-6-5-7-9-24/h5-11,14,16-17,28-30,37-38,44,48-49,51,53H,12-13,15,19-21H2,1-4H3/b11-10+/t28?,29-,30-,37-,38?,44+,46+/m0/s1. The number of hydrogen-bond acceptors (Lipinski definition) is 15. The zero-order valence-corrected chi connectivity index (χ0v) is 34.8. The van der Waals surface area contributed by atoms with Crippen LogP contribution in [0.15, 0.2) is 54.6 Å². The number of phenols is 2. The summed E-state index contributed by atoms with van der Waals surface area (Å²) in [7, 11) is 2.99. The van der Waals surface area contributed by atoms with Crippen LogP contribution in [0, 0.1) is 25.2 Å². The van der Waals surface area contributed by atoms with Crippen LogP contribution < -0.4 is 34.3 Å². The molecule has 7 heterocycles. The SMILES string of the molecule is COc1cc2c(cc1O)CCN[C@]21CS[C@@H]2c3c(OC(=O)/C=C/c4ccccc4)c(C)c4c(c3[C@H](COC1=O)N1C2[C@H]2NC(Cc3cc(C)c(OC)c(O)c32)[C@@H]1C#N)OCO4. The molecule has 2 saturated heterocycles. The van der Waals surface area contributed by atoms with Gasteiger partial charge in [0, 0.05) is 52.7 Å². The van der Waals surface area contributed by atoms with Crippen molar-refractivity contribution < 1.29 is 48.2 Å². The Morgan fingerprint density at radius 1 is 1.02 bits per heavy atom. The Morgan fingerprint density at radius 2 is 1.82 bits per heavy atom. The molecule has 0 saturated carbocycles. The minimum Gasteiger partial charge on any atom is -0.504 e. The molecule has 4 aromatic carbocycles. The Balaban J connectivity index is 1.21. The summed E-state index contributed by atoms with van der Waals surface area (Å²) in [4.78, 5) is 31.0. The highest BCUT2D eigenvalue weighted by molar-refractivity contribution is 7.99. The van der Waals surface area contributed by atoms with Gasteiger partial charge < -0.3 is 44.0 Å². The van der Waals surface area contributed by atoms with Gasteiger partial charge >= 0.3 is 11.9 Å². The summed E-state index contributed by atoms with van der Waals surface area (Å²) in [5.74, 6) is 0.663. The van der Waals surface area contributed by atoms with Crippen molar-refractivity contribution in [3.05, 3.63) is 105 Å². The van der Waals surface area contributed by atoms with Crippen molar-refractivity contribution in [3.63, 3.8) is 0 Å². The summed E-state index contributed by atoms with van der Waals surface area (Å²) in [6.45, 7) is 3.84. The third kappa shape index (κ3) is 5.94. The van der Waals surface area contributed by atoms with E-state index in [1.54, 1.807) is 18.2 Å². The van der Waals surface area contributed by atoms with E-state index in [1.165, 1.54) is 32.1 Å². The number of aromatic hydroxyl groups is 2. The van der Waals surface area contributed by atoms with E-state index in [2.05, 4.69) is 21.6 Å². The molecule has 7 atom stereocenters. The fourth-order valence-electron chi connectivity index (χ4n) is 10.5. The number of benzene rings is 4. The number of ether oxygens (including phenoxy) is 6. The molecule has 15 heteroatoms. The summed E-state index contributed by atoms with van der Waals surface area (Å²) < 4.78 is 36.6. The molecule has 14 nitrogen and oxygen atoms in total. The van der Waals surface area contributed by atoms with E-state index >= 15 is 0 Å². The molecule has 4 bridgehead atoms. The highest BCUT2D eigenvalue weighted by Crippen LogP contribution is 2.63. The van der Waals surface area contributed by atoms with Crippen molar-refractivity contribution in [2.45, 2.75) is 67.7 Å². The molecular weight excluding hydrogens is 801 g/mol. The number of fused-ring (bicyclic) bond motifs is 9. The Bertz CT molecular complexity index is 2580. The number of carbonyl (C=O) groups is 2. The van der Waals surface area contributed by atoms with Gasteiger partial charge in [-0.1, -0.05) is 36.4 Å². The Morgan fingerprint density at radius 3 is 2.59 bits per heavy atom. The first-order chi connectivity index (χ1) is 29.6. The van der Waals surface area contributed by atoms with Crippen LogP contribution in [0.2, 0.25) is 0 Å². The lowest BCUT2D eigenvalue weighted by atomic mass is 9.72. The average molecular weight is 845 g/mol. The van der Waals surface area contributed by atoms with Gasteiger partial charge in [-0.2, -0.15) is 5.26 Å². The smallest absolute Gasteiger partial charge is 0.336 e. The predicted octanol–water partition coefficient (Wildman–Crippen LogP) is 5.34. The molecule has 1 spiro atoms. The summed E-state index contributed by atoms with van der Waals surface area (Å²) in [5, 5.41) is 40.7. The van der Waals surface area contributed by atoms with E-state index < -0.39 is 46.9 Å². The lowest BCUT2D eigenvalue weighted by molar-refractivity contribution is -0.155. The van der Waals surface area contributed by atoms with Crippen LogP contribution in [0.4, 0.5) is 0 Å². The molecule has 0 radical (unpaired) electrons. The number of aryl methyl sites for hydroxylation is 1. The third-order valence-corrected chi connectivity index (χ3v) is 14.6. The minimum absolute atomic E-state index is 0.0132. The molecule has 0 aromatic heterocycles. The molecule has 4 N–H and O–H groups in total. The number of methoxy groups -OCH3 is 2. The molecular formula is C46H44N4O10S.